The normalized spacial score (nSPS) is 10.5. The molecule has 1 aromatic carbocycles. The molecule has 0 atom stereocenters. The second kappa shape index (κ2) is 3.01. The Morgan fingerprint density at radius 2 is 2.23 bits per heavy atom. The van der Waals surface area contributed by atoms with Crippen molar-refractivity contribution in [2.45, 2.75) is 0 Å². The maximum Gasteiger partial charge on any atom is 0.337 e. The summed E-state index contributed by atoms with van der Waals surface area (Å²) in [7, 11) is 0. The van der Waals surface area contributed by atoms with Gasteiger partial charge in [-0.1, -0.05) is 23.7 Å². The van der Waals surface area contributed by atoms with E-state index in [2.05, 4.69) is 0 Å². The van der Waals surface area contributed by atoms with Crippen LogP contribution in [0.4, 0.5) is 0 Å². The Kier molecular flexibility index (Phi) is 1.98. The molecule has 0 radical (unpaired) electrons. The van der Waals surface area contributed by atoms with Gasteiger partial charge in [-0.15, -0.1) is 11.3 Å². The first-order chi connectivity index (χ1) is 6.20. The highest BCUT2D eigenvalue weighted by atomic mass is 35.5. The molecule has 0 bridgehead atoms. The minimum atomic E-state index is -0.913. The van der Waals surface area contributed by atoms with Crippen molar-refractivity contribution in [3.8, 4) is 0 Å². The second-order valence-corrected chi connectivity index (χ2v) is 3.86. The molecule has 2 rings (SSSR count). The second-order valence-electron chi connectivity index (χ2n) is 2.57. The summed E-state index contributed by atoms with van der Waals surface area (Å²) >= 11 is 7.22. The lowest BCUT2D eigenvalue weighted by molar-refractivity contribution is 0.0699. The molecule has 1 aromatic heterocycles. The van der Waals surface area contributed by atoms with E-state index in [0.29, 0.717) is 10.6 Å². The zero-order chi connectivity index (χ0) is 9.42. The van der Waals surface area contributed by atoms with Gasteiger partial charge >= 0.3 is 5.97 Å². The predicted octanol–water partition coefficient (Wildman–Crippen LogP) is 3.25. The lowest BCUT2D eigenvalue weighted by atomic mass is 10.2. The van der Waals surface area contributed by atoms with E-state index in [1.807, 2.05) is 6.07 Å². The van der Waals surface area contributed by atoms with Crippen LogP contribution in [0.2, 0.25) is 5.02 Å². The van der Waals surface area contributed by atoms with E-state index in [0.717, 1.165) is 10.1 Å². The molecule has 66 valence electrons. The molecular weight excluding hydrogens is 208 g/mol. The van der Waals surface area contributed by atoms with Crippen LogP contribution in [0.5, 0.6) is 0 Å². The van der Waals surface area contributed by atoms with Crippen LogP contribution in [0.1, 0.15) is 10.4 Å². The van der Waals surface area contributed by atoms with Gasteiger partial charge in [-0.25, -0.2) is 4.79 Å². The monoisotopic (exact) mass is 212 g/mol. The van der Waals surface area contributed by atoms with Crippen molar-refractivity contribution in [2.75, 3.05) is 0 Å². The Morgan fingerprint density at radius 3 is 2.92 bits per heavy atom. The summed E-state index contributed by atoms with van der Waals surface area (Å²) in [5.41, 5.74) is 0.314. The number of hydrogen-bond donors (Lipinski definition) is 1. The molecule has 4 heteroatoms. The van der Waals surface area contributed by atoms with Crippen molar-refractivity contribution in [2.24, 2.45) is 0 Å². The Hall–Kier alpha value is -1.06. The third-order valence-corrected chi connectivity index (χ3v) is 3.25. The van der Waals surface area contributed by atoms with E-state index in [1.54, 1.807) is 17.5 Å². The molecule has 0 aliphatic heterocycles. The number of carbonyl (C=O) groups is 1. The van der Waals surface area contributed by atoms with Crippen molar-refractivity contribution >= 4 is 39.0 Å². The number of thiophene rings is 1. The number of hydrogen-bond acceptors (Lipinski definition) is 2. The zero-order valence-electron chi connectivity index (χ0n) is 6.45. The van der Waals surface area contributed by atoms with E-state index in [9.17, 15) is 4.79 Å². The summed E-state index contributed by atoms with van der Waals surface area (Å²) in [5, 5.41) is 12.0. The van der Waals surface area contributed by atoms with Gasteiger partial charge in [0.2, 0.25) is 0 Å². The Balaban J connectivity index is 2.84. The Morgan fingerprint density at radius 1 is 1.46 bits per heavy atom. The maximum absolute atomic E-state index is 10.8. The quantitative estimate of drug-likeness (QED) is 0.788. The predicted molar refractivity (Wildman–Crippen MR) is 53.8 cm³/mol. The minimum absolute atomic E-state index is 0.314. The lowest BCUT2D eigenvalue weighted by Crippen LogP contribution is -1.94. The zero-order valence-corrected chi connectivity index (χ0v) is 8.02. The van der Waals surface area contributed by atoms with Crippen LogP contribution in [-0.4, -0.2) is 11.1 Å². The molecule has 0 aliphatic rings. The van der Waals surface area contributed by atoms with Crippen LogP contribution in [0.3, 0.4) is 0 Å². The van der Waals surface area contributed by atoms with Crippen LogP contribution in [0, 0.1) is 0 Å². The molecule has 0 spiro atoms. The third kappa shape index (κ3) is 1.30. The Labute approximate surface area is 83.4 Å². The fraction of sp³-hybridized carbons (Fsp3) is 0. The number of halogens is 1. The van der Waals surface area contributed by atoms with Crippen molar-refractivity contribution in [3.63, 3.8) is 0 Å². The minimum Gasteiger partial charge on any atom is -0.478 e. The molecule has 13 heavy (non-hydrogen) atoms. The van der Waals surface area contributed by atoms with Crippen LogP contribution in [0.25, 0.3) is 10.1 Å². The Bertz CT molecular complexity index is 475. The van der Waals surface area contributed by atoms with Crippen molar-refractivity contribution in [1.82, 2.24) is 0 Å². The highest BCUT2D eigenvalue weighted by Crippen LogP contribution is 2.32. The van der Waals surface area contributed by atoms with E-state index in [4.69, 9.17) is 16.7 Å². The molecule has 0 aliphatic carbocycles. The summed E-state index contributed by atoms with van der Waals surface area (Å²) < 4.78 is 0.736. The summed E-state index contributed by atoms with van der Waals surface area (Å²) in [5.74, 6) is -0.913. The van der Waals surface area contributed by atoms with E-state index >= 15 is 0 Å². The topological polar surface area (TPSA) is 37.3 Å². The van der Waals surface area contributed by atoms with Gasteiger partial charge in [0.05, 0.1) is 15.3 Å². The fourth-order valence-electron chi connectivity index (χ4n) is 1.19. The molecule has 1 N–H and O–H groups in total. The standard InChI is InChI=1S/C9H5ClO2S/c10-7-4-13-8-5(7)2-1-3-6(8)9(11)12/h1-4H,(H,11,12). The highest BCUT2D eigenvalue weighted by Gasteiger charge is 2.10. The SMILES string of the molecule is O=C(O)c1cccc2c(Cl)csc12. The van der Waals surface area contributed by atoms with Crippen molar-refractivity contribution in [3.05, 3.63) is 34.2 Å². The van der Waals surface area contributed by atoms with Crippen LogP contribution in [0.15, 0.2) is 23.6 Å². The third-order valence-electron chi connectivity index (χ3n) is 1.78. The van der Waals surface area contributed by atoms with Gasteiger partial charge in [-0.2, -0.15) is 0 Å². The van der Waals surface area contributed by atoms with Gasteiger partial charge < -0.3 is 5.11 Å². The molecule has 0 unspecified atom stereocenters. The molecule has 0 amide bonds. The number of fused-ring (bicyclic) bond motifs is 1. The number of carboxylic acid groups (broad SMARTS) is 1. The number of carboxylic acids is 1. The summed E-state index contributed by atoms with van der Waals surface area (Å²) in [6.07, 6.45) is 0. The first kappa shape index (κ1) is 8.53. The summed E-state index contributed by atoms with van der Waals surface area (Å²) in [6.45, 7) is 0. The smallest absolute Gasteiger partial charge is 0.337 e. The highest BCUT2D eigenvalue weighted by molar-refractivity contribution is 7.18. The molecule has 2 nitrogen and oxygen atoms in total. The van der Waals surface area contributed by atoms with E-state index < -0.39 is 5.97 Å². The summed E-state index contributed by atoms with van der Waals surface area (Å²) in [6, 6.07) is 5.10. The van der Waals surface area contributed by atoms with Gasteiger partial charge in [0.15, 0.2) is 0 Å². The van der Waals surface area contributed by atoms with Crippen LogP contribution in [-0.2, 0) is 0 Å². The van der Waals surface area contributed by atoms with Gasteiger partial charge in [-0.3, -0.25) is 0 Å². The maximum atomic E-state index is 10.8. The first-order valence-corrected chi connectivity index (χ1v) is 4.85. The van der Waals surface area contributed by atoms with Gasteiger partial charge in [0.25, 0.3) is 0 Å². The van der Waals surface area contributed by atoms with Gasteiger partial charge in [-0.05, 0) is 6.07 Å². The molecule has 0 saturated heterocycles. The molecule has 1 heterocycles. The van der Waals surface area contributed by atoms with Gasteiger partial charge in [0, 0.05) is 10.8 Å². The average Bonchev–Trinajstić information content (AvgIpc) is 2.48. The van der Waals surface area contributed by atoms with Crippen LogP contribution >= 0.6 is 22.9 Å². The van der Waals surface area contributed by atoms with E-state index in [-0.39, 0.29) is 0 Å². The van der Waals surface area contributed by atoms with Crippen molar-refractivity contribution < 1.29 is 9.90 Å². The van der Waals surface area contributed by atoms with E-state index in [1.165, 1.54) is 11.3 Å². The first-order valence-electron chi connectivity index (χ1n) is 3.59. The number of aromatic carboxylic acids is 1. The lowest BCUT2D eigenvalue weighted by Gasteiger charge is -1.95. The number of benzene rings is 1. The van der Waals surface area contributed by atoms with Crippen molar-refractivity contribution in [1.29, 1.82) is 0 Å². The number of rotatable bonds is 1. The largest absolute Gasteiger partial charge is 0.478 e. The summed E-state index contributed by atoms with van der Waals surface area (Å²) in [4.78, 5) is 10.8. The van der Waals surface area contributed by atoms with Crippen LogP contribution < -0.4 is 0 Å². The molecule has 0 fully saturated rings. The fourth-order valence-corrected chi connectivity index (χ4v) is 2.48. The molecule has 2 aromatic rings. The average molecular weight is 213 g/mol. The molecular formula is C9H5ClO2S. The van der Waals surface area contributed by atoms with Gasteiger partial charge in [0.1, 0.15) is 0 Å². The molecule has 0 saturated carbocycles.